The molecule has 2 aliphatic rings. The number of methoxy groups -OCH3 is 1. The van der Waals surface area contributed by atoms with E-state index in [2.05, 4.69) is 25.7 Å². The Balaban J connectivity index is 1.28. The molecule has 38 heavy (non-hydrogen) atoms. The molecule has 2 aromatic heterocycles. The molecule has 0 radical (unpaired) electrons. The van der Waals surface area contributed by atoms with Gasteiger partial charge in [0.2, 0.25) is 0 Å². The Kier molecular flexibility index (Phi) is 8.25. The second-order valence-corrected chi connectivity index (χ2v) is 10.0. The first kappa shape index (κ1) is 25.8. The first-order chi connectivity index (χ1) is 18.6. The zero-order chi connectivity index (χ0) is 26.3. The molecule has 1 saturated heterocycles. The van der Waals surface area contributed by atoms with Crippen molar-refractivity contribution in [2.24, 2.45) is 5.10 Å². The first-order valence-corrected chi connectivity index (χ1v) is 13.5. The Morgan fingerprint density at radius 2 is 2.11 bits per heavy atom. The normalized spacial score (nSPS) is 16.6. The standard InChI is InChI=1S/C27H31N7O3S/c1-4-31-34-10-7-20(8-11-34)37-23-6-5-19(13-18(23)2)32-27-25-22(29-17-30-27)14-24(35-3)26(33-25)28-9-12-36-15-21-16-38-21/h4-8,10,13-14,17,21H,9,11-12,15-16H2,1-3H3,(H,28,33)(H,29,30,32)/b31-4-. The van der Waals surface area contributed by atoms with Crippen LogP contribution in [0.3, 0.4) is 0 Å². The minimum absolute atomic E-state index is 0.599. The molecular formula is C27H31N7O3S. The lowest BCUT2D eigenvalue weighted by Gasteiger charge is -2.18. The largest absolute Gasteiger partial charge is 0.493 e. The van der Waals surface area contributed by atoms with E-state index >= 15 is 0 Å². The smallest absolute Gasteiger partial charge is 0.169 e. The van der Waals surface area contributed by atoms with Crippen LogP contribution in [0.25, 0.3) is 11.0 Å². The van der Waals surface area contributed by atoms with E-state index in [0.29, 0.717) is 53.4 Å². The van der Waals surface area contributed by atoms with Crippen LogP contribution < -0.4 is 20.1 Å². The summed E-state index contributed by atoms with van der Waals surface area (Å²) in [5.41, 5.74) is 3.17. The SMILES string of the molecule is C/C=N\N1C=CC(Oc2ccc(Nc3ncnc4cc(OC)c(NCCOCC5CS5)nc34)cc2C)=CC1. The third-order valence-corrected chi connectivity index (χ3v) is 6.80. The molecule has 10 nitrogen and oxygen atoms in total. The van der Waals surface area contributed by atoms with Crippen molar-refractivity contribution in [1.29, 1.82) is 0 Å². The van der Waals surface area contributed by atoms with E-state index in [1.807, 2.05) is 73.2 Å². The van der Waals surface area contributed by atoms with Crippen molar-refractivity contribution >= 4 is 46.3 Å². The van der Waals surface area contributed by atoms with Gasteiger partial charge in [0, 0.05) is 41.7 Å². The molecule has 5 rings (SSSR count). The molecule has 0 aliphatic carbocycles. The number of nitrogens with one attached hydrogen (secondary N) is 2. The molecule has 1 aromatic carbocycles. The van der Waals surface area contributed by atoms with Gasteiger partial charge < -0.3 is 24.8 Å². The summed E-state index contributed by atoms with van der Waals surface area (Å²) < 4.78 is 17.4. The number of rotatable bonds is 12. The summed E-state index contributed by atoms with van der Waals surface area (Å²) in [6.45, 7) is 6.58. The van der Waals surface area contributed by atoms with Crippen molar-refractivity contribution in [3.8, 4) is 11.5 Å². The number of nitrogens with zero attached hydrogens (tertiary/aromatic N) is 5. The van der Waals surface area contributed by atoms with Gasteiger partial charge in [-0.3, -0.25) is 5.01 Å². The van der Waals surface area contributed by atoms with Gasteiger partial charge >= 0.3 is 0 Å². The summed E-state index contributed by atoms with van der Waals surface area (Å²) in [6.07, 6.45) is 9.07. The zero-order valence-corrected chi connectivity index (χ0v) is 22.5. The molecule has 0 saturated carbocycles. The number of hydrazone groups is 1. The fraction of sp³-hybridized carbons (Fsp3) is 0.333. The van der Waals surface area contributed by atoms with E-state index in [-0.39, 0.29) is 0 Å². The first-order valence-electron chi connectivity index (χ1n) is 12.4. The number of benzene rings is 1. The fourth-order valence-electron chi connectivity index (χ4n) is 3.85. The molecule has 11 heteroatoms. The number of pyridine rings is 1. The minimum atomic E-state index is 0.599. The van der Waals surface area contributed by atoms with Gasteiger partial charge in [-0.25, -0.2) is 15.0 Å². The van der Waals surface area contributed by atoms with Crippen molar-refractivity contribution in [3.63, 3.8) is 0 Å². The number of aromatic nitrogens is 3. The monoisotopic (exact) mass is 533 g/mol. The molecule has 2 N–H and O–H groups in total. The van der Waals surface area contributed by atoms with Crippen molar-refractivity contribution in [3.05, 3.63) is 60.3 Å². The van der Waals surface area contributed by atoms with Crippen LogP contribution in [0.5, 0.6) is 11.5 Å². The average molecular weight is 534 g/mol. The second-order valence-electron chi connectivity index (χ2n) is 8.71. The Morgan fingerprint density at radius 1 is 1.21 bits per heavy atom. The van der Waals surface area contributed by atoms with Gasteiger partial charge in [-0.05, 0) is 49.8 Å². The van der Waals surface area contributed by atoms with Gasteiger partial charge in [0.25, 0.3) is 0 Å². The molecule has 4 heterocycles. The van der Waals surface area contributed by atoms with E-state index in [1.165, 1.54) is 12.1 Å². The topological polar surface area (TPSA) is 106 Å². The molecular weight excluding hydrogens is 502 g/mol. The summed E-state index contributed by atoms with van der Waals surface area (Å²) in [5, 5.41) is 13.4. The quantitative estimate of drug-likeness (QED) is 0.193. The molecule has 1 unspecified atom stereocenters. The predicted octanol–water partition coefficient (Wildman–Crippen LogP) is 4.73. The number of thioether (sulfide) groups is 1. The number of aryl methyl sites for hydroxylation is 1. The lowest BCUT2D eigenvalue weighted by atomic mass is 10.2. The molecule has 3 aromatic rings. The van der Waals surface area contributed by atoms with Gasteiger partial charge in [0.1, 0.15) is 23.4 Å². The second kappa shape index (κ2) is 12.1. The lowest BCUT2D eigenvalue weighted by Crippen LogP contribution is -2.14. The lowest BCUT2D eigenvalue weighted by molar-refractivity contribution is 0.152. The van der Waals surface area contributed by atoms with E-state index in [0.717, 1.165) is 29.4 Å². The number of allylic oxidation sites excluding steroid dienone is 1. The van der Waals surface area contributed by atoms with Crippen LogP contribution >= 0.6 is 11.8 Å². The van der Waals surface area contributed by atoms with Crippen molar-refractivity contribution < 1.29 is 14.2 Å². The third kappa shape index (κ3) is 6.53. The van der Waals surface area contributed by atoms with Crippen LogP contribution in [-0.4, -0.2) is 70.6 Å². The zero-order valence-electron chi connectivity index (χ0n) is 21.7. The van der Waals surface area contributed by atoms with Crippen molar-refractivity contribution in [1.82, 2.24) is 20.0 Å². The highest BCUT2D eigenvalue weighted by Crippen LogP contribution is 2.32. The Labute approximate surface area is 226 Å². The van der Waals surface area contributed by atoms with Gasteiger partial charge in [-0.15, -0.1) is 0 Å². The maximum Gasteiger partial charge on any atom is 0.169 e. The molecule has 0 amide bonds. The molecule has 2 aliphatic heterocycles. The average Bonchev–Trinajstić information content (AvgIpc) is 3.76. The Hall–Kier alpha value is -3.83. The number of hydrogen-bond acceptors (Lipinski definition) is 11. The summed E-state index contributed by atoms with van der Waals surface area (Å²) in [7, 11) is 1.62. The van der Waals surface area contributed by atoms with Crippen LogP contribution in [0, 0.1) is 6.92 Å². The molecule has 0 bridgehead atoms. The fourth-order valence-corrected chi connectivity index (χ4v) is 4.27. The van der Waals surface area contributed by atoms with Crippen LogP contribution in [0.1, 0.15) is 12.5 Å². The van der Waals surface area contributed by atoms with Crippen molar-refractivity contribution in [2.75, 3.05) is 49.8 Å². The van der Waals surface area contributed by atoms with E-state index in [9.17, 15) is 0 Å². The highest BCUT2D eigenvalue weighted by Gasteiger charge is 2.22. The number of hydrogen-bond donors (Lipinski definition) is 2. The number of fused-ring (bicyclic) bond motifs is 1. The summed E-state index contributed by atoms with van der Waals surface area (Å²) in [5.74, 6) is 4.61. The van der Waals surface area contributed by atoms with Crippen LogP contribution in [-0.2, 0) is 4.74 Å². The van der Waals surface area contributed by atoms with Crippen LogP contribution in [0.2, 0.25) is 0 Å². The van der Waals surface area contributed by atoms with Crippen molar-refractivity contribution in [2.45, 2.75) is 19.1 Å². The van der Waals surface area contributed by atoms with Gasteiger partial charge in [-0.2, -0.15) is 16.9 Å². The molecule has 0 spiro atoms. The Bertz CT molecular complexity index is 1370. The van der Waals surface area contributed by atoms with Crippen LogP contribution in [0.15, 0.2) is 59.8 Å². The maximum absolute atomic E-state index is 6.10. The number of ether oxygens (including phenoxy) is 3. The summed E-state index contributed by atoms with van der Waals surface area (Å²) >= 11 is 1.93. The van der Waals surface area contributed by atoms with E-state index < -0.39 is 0 Å². The number of anilines is 3. The molecule has 198 valence electrons. The van der Waals surface area contributed by atoms with Gasteiger partial charge in [0.05, 0.1) is 32.4 Å². The highest BCUT2D eigenvalue weighted by molar-refractivity contribution is 8.06. The summed E-state index contributed by atoms with van der Waals surface area (Å²) in [4.78, 5) is 13.6. The van der Waals surface area contributed by atoms with Crippen LogP contribution in [0.4, 0.5) is 17.3 Å². The predicted molar refractivity (Wildman–Crippen MR) is 153 cm³/mol. The van der Waals surface area contributed by atoms with Gasteiger partial charge in [0.15, 0.2) is 17.4 Å². The van der Waals surface area contributed by atoms with Gasteiger partial charge in [-0.1, -0.05) is 0 Å². The Morgan fingerprint density at radius 3 is 2.84 bits per heavy atom. The molecule has 1 atom stereocenters. The molecule has 1 fully saturated rings. The summed E-state index contributed by atoms with van der Waals surface area (Å²) in [6, 6.07) is 7.77. The van der Waals surface area contributed by atoms with E-state index in [4.69, 9.17) is 19.2 Å². The minimum Gasteiger partial charge on any atom is -0.493 e. The highest BCUT2D eigenvalue weighted by atomic mass is 32.2. The third-order valence-electron chi connectivity index (χ3n) is 5.86. The van der Waals surface area contributed by atoms with E-state index in [1.54, 1.807) is 13.3 Å². The maximum atomic E-state index is 6.10.